The molecule has 2 aliphatic carbocycles. The van der Waals surface area contributed by atoms with E-state index in [4.69, 9.17) is 6.42 Å². The first kappa shape index (κ1) is 7.22. The van der Waals surface area contributed by atoms with E-state index < -0.39 is 0 Å². The van der Waals surface area contributed by atoms with Crippen LogP contribution in [0.2, 0.25) is 0 Å². The Morgan fingerprint density at radius 1 is 1.27 bits per heavy atom. The molecule has 0 N–H and O–H groups in total. The molecule has 1 radical (unpaired) electrons. The lowest BCUT2D eigenvalue weighted by Gasteiger charge is -2.04. The highest BCUT2D eigenvalue weighted by Crippen LogP contribution is 2.49. The Balaban J connectivity index is 2.00. The first-order chi connectivity index (χ1) is 5.29. The highest BCUT2D eigenvalue weighted by atomic mass is 14.4. The highest BCUT2D eigenvalue weighted by Gasteiger charge is 2.39. The highest BCUT2D eigenvalue weighted by molar-refractivity contribution is 5.08. The van der Waals surface area contributed by atoms with Gasteiger partial charge in [-0.3, -0.25) is 0 Å². The molecule has 1 unspecified atom stereocenters. The zero-order valence-electron chi connectivity index (χ0n) is 7.14. The van der Waals surface area contributed by atoms with Crippen LogP contribution in [0.3, 0.4) is 0 Å². The number of fused-ring (bicyclic) bond motifs is 1. The lowest BCUT2D eigenvalue weighted by molar-refractivity contribution is 0.457. The van der Waals surface area contributed by atoms with E-state index in [1.807, 2.05) is 0 Å². The molecule has 0 aromatic rings. The first-order valence-electron chi connectivity index (χ1n) is 4.57. The Labute approximate surface area is 69.4 Å². The number of terminal acetylenes is 1. The summed E-state index contributed by atoms with van der Waals surface area (Å²) in [6.07, 6.45) is 10.8. The zero-order valence-corrected chi connectivity index (χ0v) is 7.14. The molecule has 3 atom stereocenters. The van der Waals surface area contributed by atoms with Crippen LogP contribution in [0.25, 0.3) is 0 Å². The van der Waals surface area contributed by atoms with Gasteiger partial charge >= 0.3 is 0 Å². The third-order valence-electron chi connectivity index (χ3n) is 3.30. The minimum absolute atomic E-state index is 0.609. The molecule has 0 saturated heterocycles. The van der Waals surface area contributed by atoms with Crippen LogP contribution >= 0.6 is 0 Å². The topological polar surface area (TPSA) is 0 Å². The van der Waals surface area contributed by atoms with Crippen LogP contribution in [0.1, 0.15) is 32.6 Å². The van der Waals surface area contributed by atoms with Crippen molar-refractivity contribution in [3.8, 4) is 12.3 Å². The van der Waals surface area contributed by atoms with E-state index in [2.05, 4.69) is 12.8 Å². The second-order valence-electron chi connectivity index (χ2n) is 4.22. The van der Waals surface area contributed by atoms with Crippen molar-refractivity contribution in [2.75, 3.05) is 0 Å². The van der Waals surface area contributed by atoms with Crippen molar-refractivity contribution in [3.63, 3.8) is 0 Å². The molecule has 0 amide bonds. The fourth-order valence-electron chi connectivity index (χ4n) is 2.83. The van der Waals surface area contributed by atoms with Gasteiger partial charge in [-0.15, -0.1) is 12.3 Å². The fourth-order valence-corrected chi connectivity index (χ4v) is 2.83. The summed E-state index contributed by atoms with van der Waals surface area (Å²) in [6, 6.07) is 0. The van der Waals surface area contributed by atoms with E-state index in [0.29, 0.717) is 5.92 Å². The Morgan fingerprint density at radius 3 is 2.27 bits per heavy atom. The van der Waals surface area contributed by atoms with Gasteiger partial charge in [0.25, 0.3) is 0 Å². The van der Waals surface area contributed by atoms with Crippen LogP contribution in [-0.2, 0) is 0 Å². The average Bonchev–Trinajstić information content (AvgIpc) is 2.43. The maximum Gasteiger partial charge on any atom is 0.0205 e. The maximum absolute atomic E-state index is 5.41. The van der Waals surface area contributed by atoms with Crippen LogP contribution < -0.4 is 0 Å². The van der Waals surface area contributed by atoms with Crippen LogP contribution in [0.5, 0.6) is 0 Å². The van der Waals surface area contributed by atoms with Gasteiger partial charge in [-0.05, 0) is 43.4 Å². The van der Waals surface area contributed by atoms with Crippen LogP contribution in [-0.4, -0.2) is 0 Å². The minimum Gasteiger partial charge on any atom is -0.120 e. The molecule has 0 aliphatic heterocycles. The molecule has 0 aromatic heterocycles. The van der Waals surface area contributed by atoms with E-state index in [1.54, 1.807) is 5.92 Å². The lowest BCUT2D eigenvalue weighted by atomic mass is 10.0. The Kier molecular flexibility index (Phi) is 1.68. The van der Waals surface area contributed by atoms with E-state index in [9.17, 15) is 0 Å². The molecule has 11 heavy (non-hydrogen) atoms. The summed E-state index contributed by atoms with van der Waals surface area (Å²) in [5, 5.41) is 0. The van der Waals surface area contributed by atoms with Crippen molar-refractivity contribution in [2.24, 2.45) is 17.8 Å². The molecular weight excluding hydrogens is 132 g/mol. The van der Waals surface area contributed by atoms with E-state index in [1.165, 1.54) is 25.7 Å². The van der Waals surface area contributed by atoms with E-state index in [0.717, 1.165) is 11.8 Å². The summed E-state index contributed by atoms with van der Waals surface area (Å²) in [6.45, 7) is 2.29. The molecule has 2 aliphatic rings. The molecule has 2 saturated carbocycles. The smallest absolute Gasteiger partial charge is 0.0205 e. The van der Waals surface area contributed by atoms with Crippen LogP contribution in [0.4, 0.5) is 0 Å². The number of rotatable bonds is 0. The van der Waals surface area contributed by atoms with Gasteiger partial charge < -0.3 is 0 Å². The summed E-state index contributed by atoms with van der Waals surface area (Å²) in [7, 11) is 0. The van der Waals surface area contributed by atoms with Crippen LogP contribution in [0.15, 0.2) is 0 Å². The standard InChI is InChI=1S/C11H15/c1-3-9-6-10-4-8(2)5-11(10)7-9/h1,9-11H,4-7H2,2H3/t9?,10-,11+. The Morgan fingerprint density at radius 2 is 1.82 bits per heavy atom. The van der Waals surface area contributed by atoms with Gasteiger partial charge in [0, 0.05) is 5.92 Å². The second-order valence-corrected chi connectivity index (χ2v) is 4.22. The van der Waals surface area contributed by atoms with Gasteiger partial charge in [0.15, 0.2) is 0 Å². The van der Waals surface area contributed by atoms with Gasteiger partial charge in [-0.2, -0.15) is 0 Å². The third kappa shape index (κ3) is 1.18. The largest absolute Gasteiger partial charge is 0.120 e. The molecular formula is C11H15. The molecule has 59 valence electrons. The fraction of sp³-hybridized carbons (Fsp3) is 0.727. The Hall–Kier alpha value is -0.440. The molecule has 0 heteroatoms. The summed E-state index contributed by atoms with van der Waals surface area (Å²) in [5.41, 5.74) is 0. The van der Waals surface area contributed by atoms with Gasteiger partial charge in [0.05, 0.1) is 0 Å². The molecule has 0 aromatic carbocycles. The van der Waals surface area contributed by atoms with Gasteiger partial charge in [-0.1, -0.05) is 6.92 Å². The van der Waals surface area contributed by atoms with Gasteiger partial charge in [0.2, 0.25) is 0 Å². The molecule has 0 spiro atoms. The van der Waals surface area contributed by atoms with E-state index in [-0.39, 0.29) is 0 Å². The second kappa shape index (κ2) is 2.55. The molecule has 0 heterocycles. The van der Waals surface area contributed by atoms with Crippen LogP contribution in [0, 0.1) is 36.0 Å². The lowest BCUT2D eigenvalue weighted by Crippen LogP contribution is -1.95. The SMILES string of the molecule is C#CC1C[C@H]2C[C](C)C[C@H]2C1. The predicted octanol–water partition coefficient (Wildman–Crippen LogP) is 2.65. The quantitative estimate of drug-likeness (QED) is 0.462. The molecule has 2 rings (SSSR count). The predicted molar refractivity (Wildman–Crippen MR) is 46.7 cm³/mol. The van der Waals surface area contributed by atoms with Crippen molar-refractivity contribution in [3.05, 3.63) is 5.92 Å². The third-order valence-corrected chi connectivity index (χ3v) is 3.30. The minimum atomic E-state index is 0.609. The molecule has 2 fully saturated rings. The average molecular weight is 147 g/mol. The summed E-state index contributed by atoms with van der Waals surface area (Å²) < 4.78 is 0. The Bertz CT molecular complexity index is 173. The summed E-state index contributed by atoms with van der Waals surface area (Å²) in [4.78, 5) is 0. The monoisotopic (exact) mass is 147 g/mol. The van der Waals surface area contributed by atoms with Crippen molar-refractivity contribution >= 4 is 0 Å². The summed E-state index contributed by atoms with van der Waals surface area (Å²) >= 11 is 0. The normalized spacial score (nSPS) is 43.8. The first-order valence-corrected chi connectivity index (χ1v) is 4.57. The molecule has 0 bridgehead atoms. The number of hydrogen-bond acceptors (Lipinski definition) is 0. The molecule has 0 nitrogen and oxygen atoms in total. The van der Waals surface area contributed by atoms with Crippen molar-refractivity contribution in [2.45, 2.75) is 32.6 Å². The van der Waals surface area contributed by atoms with Crippen molar-refractivity contribution < 1.29 is 0 Å². The van der Waals surface area contributed by atoms with Gasteiger partial charge in [-0.25, -0.2) is 0 Å². The zero-order chi connectivity index (χ0) is 7.84. The van der Waals surface area contributed by atoms with E-state index >= 15 is 0 Å². The van der Waals surface area contributed by atoms with Gasteiger partial charge in [0.1, 0.15) is 0 Å². The van der Waals surface area contributed by atoms with Crippen molar-refractivity contribution in [1.82, 2.24) is 0 Å². The summed E-state index contributed by atoms with van der Waals surface area (Å²) in [5.74, 6) is 7.12. The van der Waals surface area contributed by atoms with Crippen molar-refractivity contribution in [1.29, 1.82) is 0 Å². The number of hydrogen-bond donors (Lipinski definition) is 0. The maximum atomic E-state index is 5.41.